The van der Waals surface area contributed by atoms with Crippen molar-refractivity contribution in [2.45, 2.75) is 32.2 Å². The van der Waals surface area contributed by atoms with Crippen LogP contribution in [0.25, 0.3) is 0 Å². The summed E-state index contributed by atoms with van der Waals surface area (Å²) in [6.07, 6.45) is 1.60. The summed E-state index contributed by atoms with van der Waals surface area (Å²) in [4.78, 5) is 35.6. The lowest BCUT2D eigenvalue weighted by atomic mass is 9.97. The minimum atomic E-state index is -1.29. The maximum Gasteiger partial charge on any atom is 0.326 e. The van der Waals surface area contributed by atoms with Crippen LogP contribution in [-0.4, -0.2) is 60.1 Å². The molecule has 0 radical (unpaired) electrons. The van der Waals surface area contributed by atoms with E-state index in [1.165, 1.54) is 0 Å². The van der Waals surface area contributed by atoms with Crippen LogP contribution in [0.4, 0.5) is 4.79 Å². The first-order valence-electron chi connectivity index (χ1n) is 7.20. The van der Waals surface area contributed by atoms with Crippen LogP contribution in [0.3, 0.4) is 0 Å². The number of nitrogens with zero attached hydrogens (tertiary/aromatic N) is 1. The lowest BCUT2D eigenvalue weighted by Crippen LogP contribution is -2.49. The lowest BCUT2D eigenvalue weighted by Gasteiger charge is -2.31. The van der Waals surface area contributed by atoms with Gasteiger partial charge in [0.15, 0.2) is 0 Å². The number of piperidine rings is 1. The zero-order valence-electron chi connectivity index (χ0n) is 12.3. The standard InChI is InChI=1S/C13H24N4O4/c1-2-17-5-3-9(4-6-17)8-15-13(21)16-10(12(19)20)7-11(14)18/h9-10H,2-8H2,1H3,(H2,14,18)(H,19,20)(H2,15,16,21). The number of primary amides is 1. The smallest absolute Gasteiger partial charge is 0.326 e. The molecule has 3 amide bonds. The largest absolute Gasteiger partial charge is 0.480 e. The van der Waals surface area contributed by atoms with Gasteiger partial charge < -0.3 is 26.4 Å². The molecule has 0 bridgehead atoms. The summed E-state index contributed by atoms with van der Waals surface area (Å²) >= 11 is 0. The molecule has 1 aliphatic rings. The van der Waals surface area contributed by atoms with Crippen molar-refractivity contribution in [3.8, 4) is 0 Å². The molecule has 0 aromatic carbocycles. The van der Waals surface area contributed by atoms with Crippen molar-refractivity contribution in [3.05, 3.63) is 0 Å². The highest BCUT2D eigenvalue weighted by Gasteiger charge is 2.23. The van der Waals surface area contributed by atoms with Gasteiger partial charge in [0.2, 0.25) is 5.91 Å². The van der Waals surface area contributed by atoms with Gasteiger partial charge in [0.1, 0.15) is 6.04 Å². The Hall–Kier alpha value is -1.83. The summed E-state index contributed by atoms with van der Waals surface area (Å²) in [5.74, 6) is -1.65. The van der Waals surface area contributed by atoms with Crippen LogP contribution < -0.4 is 16.4 Å². The molecule has 5 N–H and O–H groups in total. The van der Waals surface area contributed by atoms with Crippen LogP contribution in [0.1, 0.15) is 26.2 Å². The van der Waals surface area contributed by atoms with E-state index in [0.717, 1.165) is 32.5 Å². The van der Waals surface area contributed by atoms with Crippen LogP contribution in [-0.2, 0) is 9.59 Å². The summed E-state index contributed by atoms with van der Waals surface area (Å²) in [7, 11) is 0. The van der Waals surface area contributed by atoms with E-state index in [0.29, 0.717) is 12.5 Å². The minimum absolute atomic E-state index is 0.401. The number of nitrogens with two attached hydrogens (primary N) is 1. The number of aliphatic carboxylic acids is 1. The van der Waals surface area contributed by atoms with E-state index < -0.39 is 30.4 Å². The molecule has 0 aromatic heterocycles. The van der Waals surface area contributed by atoms with E-state index in [2.05, 4.69) is 22.5 Å². The number of urea groups is 1. The molecule has 8 heteroatoms. The second-order valence-electron chi connectivity index (χ2n) is 5.29. The molecule has 1 aliphatic heterocycles. The molecule has 120 valence electrons. The number of amides is 3. The Labute approximate surface area is 124 Å². The fourth-order valence-electron chi connectivity index (χ4n) is 2.35. The van der Waals surface area contributed by atoms with Gasteiger partial charge in [-0.2, -0.15) is 0 Å². The average molecular weight is 300 g/mol. The lowest BCUT2D eigenvalue weighted by molar-refractivity contribution is -0.140. The zero-order chi connectivity index (χ0) is 15.8. The highest BCUT2D eigenvalue weighted by Crippen LogP contribution is 2.15. The van der Waals surface area contributed by atoms with Crippen molar-refractivity contribution in [3.63, 3.8) is 0 Å². The number of hydrogen-bond acceptors (Lipinski definition) is 4. The van der Waals surface area contributed by atoms with Gasteiger partial charge >= 0.3 is 12.0 Å². The van der Waals surface area contributed by atoms with Crippen molar-refractivity contribution in [1.82, 2.24) is 15.5 Å². The van der Waals surface area contributed by atoms with E-state index in [4.69, 9.17) is 10.8 Å². The van der Waals surface area contributed by atoms with Gasteiger partial charge in [-0.1, -0.05) is 6.92 Å². The molecule has 21 heavy (non-hydrogen) atoms. The molecule has 8 nitrogen and oxygen atoms in total. The van der Waals surface area contributed by atoms with Gasteiger partial charge in [-0.25, -0.2) is 9.59 Å². The predicted octanol–water partition coefficient (Wildman–Crippen LogP) is -0.654. The normalized spacial score (nSPS) is 18.0. The van der Waals surface area contributed by atoms with E-state index >= 15 is 0 Å². The van der Waals surface area contributed by atoms with Crippen LogP contribution >= 0.6 is 0 Å². The van der Waals surface area contributed by atoms with Crippen molar-refractivity contribution >= 4 is 17.9 Å². The first-order valence-corrected chi connectivity index (χ1v) is 7.20. The van der Waals surface area contributed by atoms with E-state index in [1.54, 1.807) is 0 Å². The SMILES string of the molecule is CCN1CCC(CNC(=O)NC(CC(N)=O)C(=O)O)CC1. The molecular formula is C13H24N4O4. The van der Waals surface area contributed by atoms with Crippen LogP contribution in [0.15, 0.2) is 0 Å². The zero-order valence-corrected chi connectivity index (χ0v) is 12.3. The number of rotatable bonds is 7. The van der Waals surface area contributed by atoms with Crippen LogP contribution in [0.5, 0.6) is 0 Å². The van der Waals surface area contributed by atoms with Gasteiger partial charge in [0, 0.05) is 6.54 Å². The van der Waals surface area contributed by atoms with Gasteiger partial charge in [0.05, 0.1) is 6.42 Å². The highest BCUT2D eigenvalue weighted by atomic mass is 16.4. The first-order chi connectivity index (χ1) is 9.92. The van der Waals surface area contributed by atoms with Crippen LogP contribution in [0.2, 0.25) is 0 Å². The van der Waals surface area contributed by atoms with E-state index in [9.17, 15) is 14.4 Å². The van der Waals surface area contributed by atoms with Crippen molar-refractivity contribution in [1.29, 1.82) is 0 Å². The number of likely N-dealkylation sites (tertiary alicyclic amines) is 1. The molecule has 0 aromatic rings. The fraction of sp³-hybridized carbons (Fsp3) is 0.769. The number of hydrogen-bond donors (Lipinski definition) is 4. The Morgan fingerprint density at radius 2 is 1.95 bits per heavy atom. The van der Waals surface area contributed by atoms with Gasteiger partial charge in [0.25, 0.3) is 0 Å². The Kier molecular flexibility index (Phi) is 6.93. The molecular weight excluding hydrogens is 276 g/mol. The maximum atomic E-state index is 11.7. The van der Waals surface area contributed by atoms with Gasteiger partial charge in [-0.3, -0.25) is 4.79 Å². The van der Waals surface area contributed by atoms with Crippen LogP contribution in [0, 0.1) is 5.92 Å². The third-order valence-electron chi connectivity index (χ3n) is 3.71. The number of carboxylic acid groups (broad SMARTS) is 1. The topological polar surface area (TPSA) is 125 Å². The quantitative estimate of drug-likeness (QED) is 0.497. The predicted molar refractivity (Wildman–Crippen MR) is 76.6 cm³/mol. The Morgan fingerprint density at radius 1 is 1.33 bits per heavy atom. The maximum absolute atomic E-state index is 11.7. The molecule has 1 saturated heterocycles. The third-order valence-corrected chi connectivity index (χ3v) is 3.71. The van der Waals surface area contributed by atoms with E-state index in [1.807, 2.05) is 0 Å². The molecule has 1 heterocycles. The number of carbonyl (C=O) groups excluding carboxylic acids is 2. The molecule has 1 rings (SSSR count). The second kappa shape index (κ2) is 8.46. The summed E-state index contributed by atoms with van der Waals surface area (Å²) in [6, 6.07) is -1.87. The number of carboxylic acids is 1. The molecule has 1 fully saturated rings. The molecule has 0 spiro atoms. The molecule has 0 saturated carbocycles. The van der Waals surface area contributed by atoms with Crippen molar-refractivity contribution in [2.24, 2.45) is 11.7 Å². The third kappa shape index (κ3) is 6.44. The van der Waals surface area contributed by atoms with Gasteiger partial charge in [-0.15, -0.1) is 0 Å². The monoisotopic (exact) mass is 300 g/mol. The summed E-state index contributed by atoms with van der Waals surface area (Å²) < 4.78 is 0. The second-order valence-corrected chi connectivity index (χ2v) is 5.29. The fourth-order valence-corrected chi connectivity index (χ4v) is 2.35. The van der Waals surface area contributed by atoms with E-state index in [-0.39, 0.29) is 0 Å². The molecule has 0 aliphatic carbocycles. The first kappa shape index (κ1) is 17.2. The summed E-state index contributed by atoms with van der Waals surface area (Å²) in [5.41, 5.74) is 4.95. The highest BCUT2D eigenvalue weighted by molar-refractivity contribution is 5.87. The number of carbonyl (C=O) groups is 3. The Balaban J connectivity index is 2.30. The Bertz CT molecular complexity index is 380. The number of nitrogens with one attached hydrogen (secondary N) is 2. The summed E-state index contributed by atoms with van der Waals surface area (Å²) in [5, 5.41) is 13.8. The van der Waals surface area contributed by atoms with Crippen molar-refractivity contribution in [2.75, 3.05) is 26.2 Å². The van der Waals surface area contributed by atoms with Gasteiger partial charge in [-0.05, 0) is 38.4 Å². The van der Waals surface area contributed by atoms with Crippen molar-refractivity contribution < 1.29 is 19.5 Å². The summed E-state index contributed by atoms with van der Waals surface area (Å²) in [6.45, 7) is 5.70. The molecule has 1 atom stereocenters. The average Bonchev–Trinajstić information content (AvgIpc) is 2.44. The Morgan fingerprint density at radius 3 is 2.43 bits per heavy atom. The minimum Gasteiger partial charge on any atom is -0.480 e. The molecule has 1 unspecified atom stereocenters.